The van der Waals surface area contributed by atoms with Gasteiger partial charge in [0.1, 0.15) is 29.8 Å². The molecule has 4 nitrogen and oxygen atoms in total. The van der Waals surface area contributed by atoms with Crippen molar-refractivity contribution in [2.75, 3.05) is 26.3 Å². The summed E-state index contributed by atoms with van der Waals surface area (Å²) in [6.07, 6.45) is 1.48. The Morgan fingerprint density at radius 1 is 0.789 bits per heavy atom. The highest BCUT2D eigenvalue weighted by Gasteiger charge is 2.44. The number of pyridine rings is 1. The second-order valence-corrected chi connectivity index (χ2v) is 9.50. The minimum absolute atomic E-state index is 0.178. The number of halogens is 1. The Morgan fingerprint density at radius 2 is 1.39 bits per heavy atom. The predicted molar refractivity (Wildman–Crippen MR) is 148 cm³/mol. The fourth-order valence-electron chi connectivity index (χ4n) is 5.62. The first-order valence-corrected chi connectivity index (χ1v) is 13.0. The maximum Gasteiger partial charge on any atom is 0.145 e. The van der Waals surface area contributed by atoms with Crippen LogP contribution in [0.15, 0.2) is 121 Å². The van der Waals surface area contributed by atoms with Crippen molar-refractivity contribution in [3.8, 4) is 5.75 Å². The van der Waals surface area contributed by atoms with E-state index in [0.29, 0.717) is 36.4 Å². The molecule has 1 aromatic heterocycles. The summed E-state index contributed by atoms with van der Waals surface area (Å²) in [5.74, 6) is 0.252. The summed E-state index contributed by atoms with van der Waals surface area (Å²) in [6.45, 7) is 2.33. The summed E-state index contributed by atoms with van der Waals surface area (Å²) >= 11 is 0. The molecule has 4 aromatic carbocycles. The molecule has 0 saturated carbocycles. The van der Waals surface area contributed by atoms with Crippen LogP contribution in [0.2, 0.25) is 0 Å². The van der Waals surface area contributed by atoms with Gasteiger partial charge >= 0.3 is 0 Å². The molecule has 1 aliphatic heterocycles. The summed E-state index contributed by atoms with van der Waals surface area (Å²) in [4.78, 5) is 6.87. The molecule has 0 spiro atoms. The van der Waals surface area contributed by atoms with Gasteiger partial charge in [-0.25, -0.2) is 4.39 Å². The molecule has 5 heteroatoms. The smallest absolute Gasteiger partial charge is 0.145 e. The van der Waals surface area contributed by atoms with Gasteiger partial charge in [-0.05, 0) is 41.0 Å². The average Bonchev–Trinajstić information content (AvgIpc) is 2.99. The lowest BCUT2D eigenvalue weighted by Gasteiger charge is -2.48. The zero-order valence-corrected chi connectivity index (χ0v) is 21.0. The van der Waals surface area contributed by atoms with Crippen LogP contribution in [-0.4, -0.2) is 42.3 Å². The van der Waals surface area contributed by atoms with Gasteiger partial charge in [0.25, 0.3) is 0 Å². The molecule has 0 aliphatic carbocycles. The van der Waals surface area contributed by atoms with E-state index in [4.69, 9.17) is 9.47 Å². The van der Waals surface area contributed by atoms with Gasteiger partial charge < -0.3 is 9.47 Å². The van der Waals surface area contributed by atoms with Gasteiger partial charge in [-0.15, -0.1) is 0 Å². The van der Waals surface area contributed by atoms with Crippen molar-refractivity contribution in [1.29, 1.82) is 0 Å². The van der Waals surface area contributed by atoms with Crippen molar-refractivity contribution in [1.82, 2.24) is 9.88 Å². The van der Waals surface area contributed by atoms with Gasteiger partial charge in [0.05, 0.1) is 12.1 Å². The number of hydrogen-bond acceptors (Lipinski definition) is 4. The second-order valence-electron chi connectivity index (χ2n) is 9.50. The Labute approximate surface area is 222 Å². The van der Waals surface area contributed by atoms with Gasteiger partial charge in [0.2, 0.25) is 0 Å². The molecule has 190 valence electrons. The fourth-order valence-corrected chi connectivity index (χ4v) is 5.62. The molecule has 1 atom stereocenters. The van der Waals surface area contributed by atoms with Gasteiger partial charge in [0.15, 0.2) is 0 Å². The fraction of sp³-hybridized carbons (Fsp3) is 0.182. The summed E-state index contributed by atoms with van der Waals surface area (Å²) in [7, 11) is 0. The van der Waals surface area contributed by atoms with Crippen LogP contribution < -0.4 is 4.74 Å². The van der Waals surface area contributed by atoms with Crippen molar-refractivity contribution in [3.63, 3.8) is 0 Å². The number of fused-ring (bicyclic) bond motifs is 1. The zero-order valence-electron chi connectivity index (χ0n) is 21.0. The first kappa shape index (κ1) is 24.3. The minimum atomic E-state index is -0.504. The lowest BCUT2D eigenvalue weighted by Crippen LogP contribution is -2.56. The van der Waals surface area contributed by atoms with E-state index in [1.54, 1.807) is 24.4 Å². The van der Waals surface area contributed by atoms with Crippen LogP contribution in [0.25, 0.3) is 10.9 Å². The Hall–Kier alpha value is -4.06. The third kappa shape index (κ3) is 4.44. The topological polar surface area (TPSA) is 34.6 Å². The van der Waals surface area contributed by atoms with Crippen LogP contribution in [0.3, 0.4) is 0 Å². The molecule has 5 aromatic rings. The summed E-state index contributed by atoms with van der Waals surface area (Å²) in [5.41, 5.74) is 3.62. The number of nitrogens with zero attached hydrogens (tertiary/aromatic N) is 2. The summed E-state index contributed by atoms with van der Waals surface area (Å²) in [6, 6.07) is 38.5. The van der Waals surface area contributed by atoms with E-state index in [1.165, 1.54) is 22.8 Å². The van der Waals surface area contributed by atoms with Crippen molar-refractivity contribution >= 4 is 10.9 Å². The highest BCUT2D eigenvalue weighted by Crippen LogP contribution is 2.43. The molecule has 2 heterocycles. The highest BCUT2D eigenvalue weighted by atomic mass is 19.1. The standard InChI is InChI=1S/C33H29FN2O2/c34-30-18-19-31(32-29(30)17-10-20-35-32)38-24-28-23-36(21-22-37-28)33(25-11-4-1-5-12-25,26-13-6-2-7-14-26)27-15-8-3-9-16-27/h1-20,28H,21-24H2/t28-/m0/s1. The molecule has 0 unspecified atom stereocenters. The normalized spacial score (nSPS) is 16.4. The molecular weight excluding hydrogens is 475 g/mol. The number of morpholine rings is 1. The van der Waals surface area contributed by atoms with E-state index in [-0.39, 0.29) is 11.9 Å². The highest BCUT2D eigenvalue weighted by molar-refractivity contribution is 5.84. The van der Waals surface area contributed by atoms with Crippen LogP contribution in [0.4, 0.5) is 4.39 Å². The maximum absolute atomic E-state index is 14.3. The lowest BCUT2D eigenvalue weighted by atomic mass is 9.75. The molecule has 0 N–H and O–H groups in total. The second kappa shape index (κ2) is 10.7. The number of ether oxygens (including phenoxy) is 2. The molecule has 38 heavy (non-hydrogen) atoms. The molecule has 1 aliphatic rings. The van der Waals surface area contributed by atoms with Crippen LogP contribution >= 0.6 is 0 Å². The lowest BCUT2D eigenvalue weighted by molar-refractivity contribution is -0.0693. The van der Waals surface area contributed by atoms with Crippen LogP contribution in [-0.2, 0) is 10.3 Å². The third-order valence-electron chi connectivity index (χ3n) is 7.29. The number of aromatic nitrogens is 1. The monoisotopic (exact) mass is 504 g/mol. The zero-order chi connectivity index (χ0) is 25.8. The Kier molecular flexibility index (Phi) is 6.86. The molecule has 0 amide bonds. The predicted octanol–water partition coefficient (Wildman–Crippen LogP) is 6.45. The molecule has 6 rings (SSSR count). The maximum atomic E-state index is 14.3. The van der Waals surface area contributed by atoms with Crippen molar-refractivity contribution < 1.29 is 13.9 Å². The molecule has 0 bridgehead atoms. The summed E-state index contributed by atoms with van der Waals surface area (Å²) in [5, 5.41) is 0.451. The van der Waals surface area contributed by atoms with Crippen LogP contribution in [0.5, 0.6) is 5.75 Å². The number of rotatable bonds is 7. The largest absolute Gasteiger partial charge is 0.489 e. The van der Waals surface area contributed by atoms with Gasteiger partial charge in [0, 0.05) is 24.7 Å². The van der Waals surface area contributed by atoms with Crippen LogP contribution in [0.1, 0.15) is 16.7 Å². The van der Waals surface area contributed by atoms with Crippen LogP contribution in [0, 0.1) is 5.82 Å². The molecule has 0 radical (unpaired) electrons. The molecule has 1 fully saturated rings. The van der Waals surface area contributed by atoms with Crippen molar-refractivity contribution in [2.24, 2.45) is 0 Å². The minimum Gasteiger partial charge on any atom is -0.489 e. The van der Waals surface area contributed by atoms with E-state index in [0.717, 1.165) is 6.54 Å². The third-order valence-corrected chi connectivity index (χ3v) is 7.29. The number of benzene rings is 4. The average molecular weight is 505 g/mol. The Bertz CT molecular complexity index is 1400. The Morgan fingerprint density at radius 3 is 2.00 bits per heavy atom. The Balaban J connectivity index is 1.36. The quantitative estimate of drug-likeness (QED) is 0.239. The van der Waals surface area contributed by atoms with E-state index < -0.39 is 5.54 Å². The first-order chi connectivity index (χ1) is 18.8. The van der Waals surface area contributed by atoms with Crippen molar-refractivity contribution in [2.45, 2.75) is 11.6 Å². The van der Waals surface area contributed by atoms with Crippen molar-refractivity contribution in [3.05, 3.63) is 144 Å². The van der Waals surface area contributed by atoms with Gasteiger partial charge in [-0.2, -0.15) is 0 Å². The SMILES string of the molecule is Fc1ccc(OC[C@@H]2CN(C(c3ccccc3)(c3ccccc3)c3ccccc3)CCO2)c2ncccc12. The van der Waals surface area contributed by atoms with E-state index in [2.05, 4.69) is 101 Å². The molecular formula is C33H29FN2O2. The number of hydrogen-bond donors (Lipinski definition) is 0. The van der Waals surface area contributed by atoms with E-state index in [9.17, 15) is 4.39 Å². The molecule has 1 saturated heterocycles. The first-order valence-electron chi connectivity index (χ1n) is 13.0. The summed E-state index contributed by atoms with van der Waals surface area (Å²) < 4.78 is 26.7. The van der Waals surface area contributed by atoms with E-state index >= 15 is 0 Å². The van der Waals surface area contributed by atoms with E-state index in [1.807, 2.05) is 0 Å². The van der Waals surface area contributed by atoms with Gasteiger partial charge in [-0.1, -0.05) is 91.0 Å². The van der Waals surface area contributed by atoms with Gasteiger partial charge in [-0.3, -0.25) is 9.88 Å².